The number of rotatable bonds is 1. The zero-order chi connectivity index (χ0) is 8.43. The van der Waals surface area contributed by atoms with E-state index in [2.05, 4.69) is 4.74 Å². The molecule has 0 aromatic heterocycles. The largest absolute Gasteiger partial charge is 0.469 e. The maximum absolute atomic E-state index is 10.9. The van der Waals surface area contributed by atoms with Crippen LogP contribution >= 0.6 is 0 Å². The second kappa shape index (κ2) is 3.19. The van der Waals surface area contributed by atoms with E-state index in [1.807, 2.05) is 0 Å². The number of esters is 1. The zero-order valence-electron chi connectivity index (χ0n) is 6.49. The van der Waals surface area contributed by atoms with E-state index in [1.165, 1.54) is 7.11 Å². The first-order valence-electron chi connectivity index (χ1n) is 3.66. The summed E-state index contributed by atoms with van der Waals surface area (Å²) in [6.07, 6.45) is 0.431. The molecular formula is C7H13NO3. The van der Waals surface area contributed by atoms with Crippen LogP contribution in [0.3, 0.4) is 0 Å². The third-order valence-corrected chi connectivity index (χ3v) is 2.11. The van der Waals surface area contributed by atoms with Crippen LogP contribution in [0.4, 0.5) is 0 Å². The molecule has 0 amide bonds. The van der Waals surface area contributed by atoms with Crippen molar-refractivity contribution in [2.75, 3.05) is 7.11 Å². The highest BCUT2D eigenvalue weighted by Gasteiger charge is 2.35. The molecular weight excluding hydrogens is 146 g/mol. The van der Waals surface area contributed by atoms with Gasteiger partial charge in [-0.3, -0.25) is 4.79 Å². The van der Waals surface area contributed by atoms with Crippen molar-refractivity contribution in [1.82, 2.24) is 0 Å². The number of carbonyl (C=O) groups is 1. The number of carbonyl (C=O) groups excluding carboxylic acids is 1. The van der Waals surface area contributed by atoms with Gasteiger partial charge in [0.1, 0.15) is 0 Å². The molecule has 0 bridgehead atoms. The minimum absolute atomic E-state index is 0.204. The molecule has 0 heterocycles. The molecule has 4 nitrogen and oxygen atoms in total. The predicted octanol–water partition coefficient (Wildman–Crippen LogP) is -0.742. The summed E-state index contributed by atoms with van der Waals surface area (Å²) in [7, 11) is 1.35. The smallest absolute Gasteiger partial charge is 0.308 e. The minimum atomic E-state index is -0.543. The summed E-state index contributed by atoms with van der Waals surface area (Å²) in [4.78, 5) is 10.9. The number of aliphatic hydroxyl groups is 1. The van der Waals surface area contributed by atoms with Gasteiger partial charge in [0.05, 0.1) is 19.1 Å². The average molecular weight is 159 g/mol. The lowest BCUT2D eigenvalue weighted by Gasteiger charge is -2.04. The standard InChI is InChI=1S/C7H13NO3/c1-11-7(10)4-2-5(8)6(9)3-4/h4-6,9H,2-3,8H2,1H3. The average Bonchev–Trinajstić information content (AvgIpc) is 2.31. The summed E-state index contributed by atoms with van der Waals surface area (Å²) < 4.78 is 4.53. The van der Waals surface area contributed by atoms with Gasteiger partial charge in [0.25, 0.3) is 0 Å². The Hall–Kier alpha value is -0.610. The van der Waals surface area contributed by atoms with Crippen LogP contribution in [0.2, 0.25) is 0 Å². The molecule has 1 rings (SSSR count). The van der Waals surface area contributed by atoms with E-state index in [4.69, 9.17) is 5.73 Å². The van der Waals surface area contributed by atoms with Crippen molar-refractivity contribution in [1.29, 1.82) is 0 Å². The quantitative estimate of drug-likeness (QED) is 0.494. The zero-order valence-corrected chi connectivity index (χ0v) is 6.49. The first-order valence-corrected chi connectivity index (χ1v) is 3.66. The fraction of sp³-hybridized carbons (Fsp3) is 0.857. The van der Waals surface area contributed by atoms with E-state index in [0.29, 0.717) is 12.8 Å². The van der Waals surface area contributed by atoms with E-state index in [-0.39, 0.29) is 17.9 Å². The van der Waals surface area contributed by atoms with Gasteiger partial charge in [-0.1, -0.05) is 0 Å². The fourth-order valence-corrected chi connectivity index (χ4v) is 1.41. The summed E-state index contributed by atoms with van der Waals surface area (Å²) in [5.41, 5.74) is 5.50. The van der Waals surface area contributed by atoms with Gasteiger partial charge >= 0.3 is 5.97 Å². The predicted molar refractivity (Wildman–Crippen MR) is 38.7 cm³/mol. The fourth-order valence-electron chi connectivity index (χ4n) is 1.41. The van der Waals surface area contributed by atoms with E-state index in [1.54, 1.807) is 0 Å². The van der Waals surface area contributed by atoms with Gasteiger partial charge in [-0.2, -0.15) is 0 Å². The van der Waals surface area contributed by atoms with Gasteiger partial charge in [0, 0.05) is 6.04 Å². The molecule has 11 heavy (non-hydrogen) atoms. The van der Waals surface area contributed by atoms with E-state index < -0.39 is 6.10 Å². The van der Waals surface area contributed by atoms with Crippen LogP contribution in [0, 0.1) is 5.92 Å². The maximum atomic E-state index is 10.9. The number of aliphatic hydroxyl groups excluding tert-OH is 1. The Bertz CT molecular complexity index is 150. The molecule has 1 saturated carbocycles. The highest BCUT2D eigenvalue weighted by Crippen LogP contribution is 2.25. The summed E-state index contributed by atoms with van der Waals surface area (Å²) in [5, 5.41) is 9.18. The molecule has 1 aliphatic carbocycles. The van der Waals surface area contributed by atoms with Crippen LogP contribution in [-0.2, 0) is 9.53 Å². The van der Waals surface area contributed by atoms with Gasteiger partial charge < -0.3 is 15.6 Å². The Morgan fingerprint density at radius 2 is 2.27 bits per heavy atom. The molecule has 0 aromatic rings. The Morgan fingerprint density at radius 3 is 2.64 bits per heavy atom. The van der Waals surface area contributed by atoms with Crippen molar-refractivity contribution in [3.05, 3.63) is 0 Å². The molecule has 64 valence electrons. The van der Waals surface area contributed by atoms with Gasteiger partial charge in [0.2, 0.25) is 0 Å². The van der Waals surface area contributed by atoms with Crippen LogP contribution < -0.4 is 5.73 Å². The number of methoxy groups -OCH3 is 1. The first kappa shape index (κ1) is 8.49. The topological polar surface area (TPSA) is 72.5 Å². The summed E-state index contributed by atoms with van der Waals surface area (Å²) in [5.74, 6) is -0.470. The molecule has 1 aliphatic rings. The molecule has 3 atom stereocenters. The van der Waals surface area contributed by atoms with Crippen LogP contribution in [0.5, 0.6) is 0 Å². The lowest BCUT2D eigenvalue weighted by Crippen LogP contribution is -2.28. The molecule has 0 aliphatic heterocycles. The van der Waals surface area contributed by atoms with Gasteiger partial charge in [-0.25, -0.2) is 0 Å². The van der Waals surface area contributed by atoms with Crippen molar-refractivity contribution in [2.24, 2.45) is 11.7 Å². The molecule has 0 aromatic carbocycles. The van der Waals surface area contributed by atoms with Crippen molar-refractivity contribution in [3.8, 4) is 0 Å². The monoisotopic (exact) mass is 159 g/mol. The van der Waals surface area contributed by atoms with E-state index in [9.17, 15) is 9.90 Å². The molecule has 3 N–H and O–H groups in total. The van der Waals surface area contributed by atoms with Crippen molar-refractivity contribution < 1.29 is 14.6 Å². The Balaban J connectivity index is 2.46. The normalized spacial score (nSPS) is 37.2. The molecule has 3 unspecified atom stereocenters. The summed E-state index contributed by atoms with van der Waals surface area (Å²) >= 11 is 0. The SMILES string of the molecule is COC(=O)C1CC(N)C(O)C1. The number of hydrogen-bond acceptors (Lipinski definition) is 4. The van der Waals surface area contributed by atoms with Gasteiger partial charge in [0.15, 0.2) is 0 Å². The lowest BCUT2D eigenvalue weighted by molar-refractivity contribution is -0.145. The van der Waals surface area contributed by atoms with E-state index >= 15 is 0 Å². The summed E-state index contributed by atoms with van der Waals surface area (Å²) in [6.45, 7) is 0. The third kappa shape index (κ3) is 1.70. The van der Waals surface area contributed by atoms with Crippen molar-refractivity contribution in [3.63, 3.8) is 0 Å². The van der Waals surface area contributed by atoms with E-state index in [0.717, 1.165) is 0 Å². The summed E-state index contributed by atoms with van der Waals surface area (Å²) in [6, 6.07) is -0.265. The second-order valence-corrected chi connectivity index (χ2v) is 2.92. The Labute approximate surface area is 65.3 Å². The van der Waals surface area contributed by atoms with Crippen molar-refractivity contribution >= 4 is 5.97 Å². The Kier molecular flexibility index (Phi) is 2.46. The van der Waals surface area contributed by atoms with Crippen molar-refractivity contribution in [2.45, 2.75) is 25.0 Å². The number of nitrogens with two attached hydrogens (primary N) is 1. The molecule has 0 saturated heterocycles. The highest BCUT2D eigenvalue weighted by atomic mass is 16.5. The van der Waals surface area contributed by atoms with Crippen LogP contribution in [0.15, 0.2) is 0 Å². The third-order valence-electron chi connectivity index (χ3n) is 2.11. The van der Waals surface area contributed by atoms with Crippen LogP contribution in [0.25, 0.3) is 0 Å². The minimum Gasteiger partial charge on any atom is -0.469 e. The molecule has 4 heteroatoms. The first-order chi connectivity index (χ1) is 5.15. The highest BCUT2D eigenvalue weighted by molar-refractivity contribution is 5.72. The molecule has 0 radical (unpaired) electrons. The van der Waals surface area contributed by atoms with Crippen LogP contribution in [-0.4, -0.2) is 30.3 Å². The Morgan fingerprint density at radius 1 is 1.64 bits per heavy atom. The molecule has 0 spiro atoms. The number of hydrogen-bond donors (Lipinski definition) is 2. The maximum Gasteiger partial charge on any atom is 0.308 e. The second-order valence-electron chi connectivity index (χ2n) is 2.92. The van der Waals surface area contributed by atoms with Crippen LogP contribution in [0.1, 0.15) is 12.8 Å². The lowest BCUT2D eigenvalue weighted by atomic mass is 10.1. The number of ether oxygens (including phenoxy) is 1. The van der Waals surface area contributed by atoms with Gasteiger partial charge in [-0.15, -0.1) is 0 Å². The molecule has 1 fully saturated rings. The van der Waals surface area contributed by atoms with Gasteiger partial charge in [-0.05, 0) is 12.8 Å².